The topological polar surface area (TPSA) is 40.5 Å². The van der Waals surface area contributed by atoms with Crippen LogP contribution >= 0.6 is 22.6 Å². The van der Waals surface area contributed by atoms with Gasteiger partial charge in [-0.1, -0.05) is 6.07 Å². The van der Waals surface area contributed by atoms with E-state index in [0.29, 0.717) is 5.92 Å². The number of halogens is 1. The molecule has 0 unspecified atom stereocenters. The van der Waals surface area contributed by atoms with Crippen molar-refractivity contribution in [2.24, 2.45) is 5.92 Å². The van der Waals surface area contributed by atoms with Crippen LogP contribution in [0.1, 0.15) is 23.2 Å². The summed E-state index contributed by atoms with van der Waals surface area (Å²) in [6.45, 7) is 1.76. The quantitative estimate of drug-likeness (QED) is 0.835. The molecule has 1 amide bonds. The highest BCUT2D eigenvalue weighted by atomic mass is 127. The van der Waals surface area contributed by atoms with E-state index in [-0.39, 0.29) is 12.5 Å². The highest BCUT2D eigenvalue weighted by Gasteiger charge is 2.22. The Balaban J connectivity index is 2.02. The van der Waals surface area contributed by atoms with Crippen LogP contribution in [0.5, 0.6) is 0 Å². The van der Waals surface area contributed by atoms with Gasteiger partial charge in [0.15, 0.2) is 0 Å². The summed E-state index contributed by atoms with van der Waals surface area (Å²) in [5.41, 5.74) is 0.763. The van der Waals surface area contributed by atoms with Gasteiger partial charge in [0.1, 0.15) is 0 Å². The number of likely N-dealkylation sites (tertiary alicyclic amines) is 1. The Morgan fingerprint density at radius 1 is 1.41 bits per heavy atom. The Morgan fingerprint density at radius 2 is 2.12 bits per heavy atom. The third kappa shape index (κ3) is 3.19. The average Bonchev–Trinajstić information content (AvgIpc) is 2.38. The van der Waals surface area contributed by atoms with Gasteiger partial charge in [-0.15, -0.1) is 0 Å². The number of piperidine rings is 1. The number of amides is 1. The van der Waals surface area contributed by atoms with E-state index < -0.39 is 0 Å². The second-order valence-electron chi connectivity index (χ2n) is 4.43. The van der Waals surface area contributed by atoms with E-state index in [0.717, 1.165) is 35.1 Å². The molecule has 0 radical (unpaired) electrons. The first-order valence-corrected chi connectivity index (χ1v) is 6.94. The molecule has 1 aromatic rings. The number of carbonyl (C=O) groups excluding carboxylic acids is 1. The van der Waals surface area contributed by atoms with Crippen LogP contribution in [0.3, 0.4) is 0 Å². The third-order valence-electron chi connectivity index (χ3n) is 3.23. The second-order valence-corrected chi connectivity index (χ2v) is 5.67. The maximum Gasteiger partial charge on any atom is 0.253 e. The maximum absolute atomic E-state index is 12.2. The van der Waals surface area contributed by atoms with Gasteiger partial charge in [0.2, 0.25) is 0 Å². The van der Waals surface area contributed by atoms with E-state index >= 15 is 0 Å². The fourth-order valence-corrected chi connectivity index (χ4v) is 2.67. The molecule has 1 aromatic carbocycles. The lowest BCUT2D eigenvalue weighted by Crippen LogP contribution is -2.39. The van der Waals surface area contributed by atoms with Crippen molar-refractivity contribution in [3.05, 3.63) is 33.4 Å². The highest BCUT2D eigenvalue weighted by Crippen LogP contribution is 2.19. The van der Waals surface area contributed by atoms with Crippen molar-refractivity contribution >= 4 is 28.5 Å². The fraction of sp³-hybridized carbons (Fsp3) is 0.462. The average molecular weight is 345 g/mol. The van der Waals surface area contributed by atoms with Gasteiger partial charge in [0.05, 0.1) is 0 Å². The van der Waals surface area contributed by atoms with Crippen LogP contribution < -0.4 is 0 Å². The lowest BCUT2D eigenvalue weighted by Gasteiger charge is -2.31. The fourth-order valence-electron chi connectivity index (χ4n) is 2.12. The normalized spacial score (nSPS) is 17.2. The molecule has 1 N–H and O–H groups in total. The number of benzene rings is 1. The molecule has 0 spiro atoms. The summed E-state index contributed by atoms with van der Waals surface area (Å²) >= 11 is 2.22. The molecular formula is C13H16INO2. The van der Waals surface area contributed by atoms with Gasteiger partial charge in [-0.05, 0) is 59.5 Å². The van der Waals surface area contributed by atoms with Gasteiger partial charge >= 0.3 is 0 Å². The zero-order chi connectivity index (χ0) is 12.3. The van der Waals surface area contributed by atoms with Gasteiger partial charge in [-0.25, -0.2) is 0 Å². The first-order chi connectivity index (χ1) is 8.20. The first kappa shape index (κ1) is 12.8. The summed E-state index contributed by atoms with van der Waals surface area (Å²) in [6, 6.07) is 7.68. The van der Waals surface area contributed by atoms with Crippen LogP contribution in [0.2, 0.25) is 0 Å². The molecule has 1 heterocycles. The lowest BCUT2D eigenvalue weighted by atomic mass is 9.97. The minimum atomic E-state index is 0.111. The number of nitrogens with zero attached hydrogens (tertiary/aromatic N) is 1. The summed E-state index contributed by atoms with van der Waals surface area (Å²) in [4.78, 5) is 14.1. The van der Waals surface area contributed by atoms with Crippen LogP contribution in [-0.4, -0.2) is 35.6 Å². The van der Waals surface area contributed by atoms with Gasteiger partial charge in [-0.2, -0.15) is 0 Å². The molecule has 92 valence electrons. The maximum atomic E-state index is 12.2. The molecule has 0 saturated carbocycles. The number of hydrogen-bond acceptors (Lipinski definition) is 2. The first-order valence-electron chi connectivity index (χ1n) is 5.86. The molecule has 2 rings (SSSR count). The van der Waals surface area contributed by atoms with Crippen LogP contribution in [0.15, 0.2) is 24.3 Å². The Kier molecular flexibility index (Phi) is 4.39. The largest absolute Gasteiger partial charge is 0.396 e. The van der Waals surface area contributed by atoms with Crippen molar-refractivity contribution in [2.45, 2.75) is 12.8 Å². The van der Waals surface area contributed by atoms with Gasteiger partial charge in [0, 0.05) is 28.8 Å². The zero-order valence-corrected chi connectivity index (χ0v) is 11.8. The van der Waals surface area contributed by atoms with Crippen molar-refractivity contribution in [1.29, 1.82) is 0 Å². The summed E-state index contributed by atoms with van der Waals surface area (Å²) in [5, 5.41) is 9.06. The van der Waals surface area contributed by atoms with E-state index in [9.17, 15) is 4.79 Å². The molecule has 3 nitrogen and oxygen atoms in total. The summed E-state index contributed by atoms with van der Waals surface area (Å²) in [5.74, 6) is 0.481. The molecule has 0 aromatic heterocycles. The molecule has 0 aliphatic carbocycles. The number of aliphatic hydroxyl groups is 1. The van der Waals surface area contributed by atoms with Crippen LogP contribution in [0.25, 0.3) is 0 Å². The van der Waals surface area contributed by atoms with Gasteiger partial charge in [-0.3, -0.25) is 4.79 Å². The van der Waals surface area contributed by atoms with Crippen LogP contribution in [-0.2, 0) is 0 Å². The van der Waals surface area contributed by atoms with Crippen molar-refractivity contribution in [1.82, 2.24) is 4.90 Å². The molecular weight excluding hydrogens is 329 g/mol. The monoisotopic (exact) mass is 345 g/mol. The van der Waals surface area contributed by atoms with Gasteiger partial charge < -0.3 is 10.0 Å². The van der Waals surface area contributed by atoms with Crippen molar-refractivity contribution in [3.63, 3.8) is 0 Å². The van der Waals surface area contributed by atoms with Crippen LogP contribution in [0.4, 0.5) is 0 Å². The second kappa shape index (κ2) is 5.82. The zero-order valence-electron chi connectivity index (χ0n) is 9.60. The smallest absolute Gasteiger partial charge is 0.253 e. The highest BCUT2D eigenvalue weighted by molar-refractivity contribution is 14.1. The number of carbonyl (C=O) groups is 1. The predicted octanol–water partition coefficient (Wildman–Crippen LogP) is 2.14. The van der Waals surface area contributed by atoms with Gasteiger partial charge in [0.25, 0.3) is 5.91 Å². The van der Waals surface area contributed by atoms with E-state index in [2.05, 4.69) is 22.6 Å². The van der Waals surface area contributed by atoms with E-state index in [1.807, 2.05) is 29.2 Å². The summed E-state index contributed by atoms with van der Waals surface area (Å²) < 4.78 is 1.08. The Hall–Kier alpha value is -0.620. The number of rotatable bonds is 2. The Bertz CT molecular complexity index is 400. The SMILES string of the molecule is O=C(c1cccc(I)c1)N1CCC(CO)CC1. The summed E-state index contributed by atoms with van der Waals surface area (Å²) in [7, 11) is 0. The molecule has 1 aliphatic heterocycles. The minimum absolute atomic E-state index is 0.111. The molecule has 0 bridgehead atoms. The number of aliphatic hydroxyl groups excluding tert-OH is 1. The van der Waals surface area contributed by atoms with E-state index in [4.69, 9.17) is 5.11 Å². The summed E-state index contributed by atoms with van der Waals surface area (Å²) in [6.07, 6.45) is 1.82. The minimum Gasteiger partial charge on any atom is -0.396 e. The van der Waals surface area contributed by atoms with Crippen LogP contribution in [0, 0.1) is 9.49 Å². The van der Waals surface area contributed by atoms with E-state index in [1.165, 1.54) is 0 Å². The predicted molar refractivity (Wildman–Crippen MR) is 74.9 cm³/mol. The van der Waals surface area contributed by atoms with Crippen molar-refractivity contribution in [3.8, 4) is 0 Å². The van der Waals surface area contributed by atoms with Crippen molar-refractivity contribution in [2.75, 3.05) is 19.7 Å². The third-order valence-corrected chi connectivity index (χ3v) is 3.90. The molecule has 1 saturated heterocycles. The Morgan fingerprint density at radius 3 is 2.71 bits per heavy atom. The standard InChI is InChI=1S/C13H16INO2/c14-12-3-1-2-11(8-12)13(17)15-6-4-10(9-16)5-7-15/h1-3,8,10,16H,4-7,9H2. The molecule has 1 fully saturated rings. The molecule has 17 heavy (non-hydrogen) atoms. The molecule has 4 heteroatoms. The molecule has 1 aliphatic rings. The Labute approximate surface area is 115 Å². The molecule has 0 atom stereocenters. The lowest BCUT2D eigenvalue weighted by molar-refractivity contribution is 0.0651. The number of hydrogen-bond donors (Lipinski definition) is 1. The van der Waals surface area contributed by atoms with Crippen molar-refractivity contribution < 1.29 is 9.90 Å². The van der Waals surface area contributed by atoms with E-state index in [1.54, 1.807) is 0 Å².